The number of nitrogen functional groups attached to an aromatic ring is 1. The number of methoxy groups -OCH3 is 1. The van der Waals surface area contributed by atoms with E-state index in [0.29, 0.717) is 5.82 Å². The first-order valence-electron chi connectivity index (χ1n) is 5.10. The molecule has 1 heterocycles. The van der Waals surface area contributed by atoms with Gasteiger partial charge >= 0.3 is 0 Å². The zero-order valence-corrected chi connectivity index (χ0v) is 9.44. The summed E-state index contributed by atoms with van der Waals surface area (Å²) in [7, 11) is 3.82. The van der Waals surface area contributed by atoms with E-state index in [4.69, 9.17) is 10.5 Å². The third-order valence-electron chi connectivity index (χ3n) is 2.19. The first-order chi connectivity index (χ1) is 7.22. The molecule has 84 valence electrons. The van der Waals surface area contributed by atoms with Crippen LogP contribution in [-0.2, 0) is 11.3 Å². The smallest absolute Gasteiger partial charge is 0.123 e. The summed E-state index contributed by atoms with van der Waals surface area (Å²) in [6.07, 6.45) is 2.87. The van der Waals surface area contributed by atoms with Crippen LogP contribution in [0, 0.1) is 0 Å². The Hall–Kier alpha value is -1.13. The van der Waals surface area contributed by atoms with E-state index in [2.05, 4.69) is 16.9 Å². The predicted molar refractivity (Wildman–Crippen MR) is 61.5 cm³/mol. The van der Waals surface area contributed by atoms with Gasteiger partial charge in [-0.15, -0.1) is 0 Å². The molecule has 0 fully saturated rings. The fraction of sp³-hybridized carbons (Fsp3) is 0.545. The minimum absolute atomic E-state index is 0.570. The van der Waals surface area contributed by atoms with Gasteiger partial charge in [0.25, 0.3) is 0 Å². The summed E-state index contributed by atoms with van der Waals surface area (Å²) in [6.45, 7) is 2.74. The molecule has 2 N–H and O–H groups in total. The number of hydrogen-bond donors (Lipinski definition) is 1. The highest BCUT2D eigenvalue weighted by atomic mass is 16.5. The van der Waals surface area contributed by atoms with Crippen molar-refractivity contribution in [2.75, 3.05) is 33.0 Å². The van der Waals surface area contributed by atoms with E-state index in [9.17, 15) is 0 Å². The molecule has 0 saturated carbocycles. The SMILES string of the molecule is COCCCN(C)Cc1ccc(N)nc1. The molecule has 15 heavy (non-hydrogen) atoms. The van der Waals surface area contributed by atoms with E-state index in [1.54, 1.807) is 7.11 Å². The standard InChI is InChI=1S/C11H19N3O/c1-14(6-3-7-15-2)9-10-4-5-11(12)13-8-10/h4-5,8H,3,6-7,9H2,1-2H3,(H2,12,13). The molecule has 1 aromatic rings. The van der Waals surface area contributed by atoms with E-state index in [-0.39, 0.29) is 0 Å². The average molecular weight is 209 g/mol. The Labute approximate surface area is 91.1 Å². The van der Waals surface area contributed by atoms with Gasteiger partial charge in [0, 0.05) is 33.0 Å². The Morgan fingerprint density at radius 1 is 1.47 bits per heavy atom. The molecule has 4 nitrogen and oxygen atoms in total. The van der Waals surface area contributed by atoms with Crippen LogP contribution in [0.5, 0.6) is 0 Å². The lowest BCUT2D eigenvalue weighted by molar-refractivity contribution is 0.178. The maximum atomic E-state index is 5.51. The highest BCUT2D eigenvalue weighted by molar-refractivity contribution is 5.29. The molecule has 4 heteroatoms. The number of nitrogens with zero attached hydrogens (tertiary/aromatic N) is 2. The summed E-state index contributed by atoms with van der Waals surface area (Å²) < 4.78 is 5.00. The molecule has 0 unspecified atom stereocenters. The van der Waals surface area contributed by atoms with Crippen LogP contribution in [0.2, 0.25) is 0 Å². The monoisotopic (exact) mass is 209 g/mol. The first kappa shape index (κ1) is 11.9. The molecule has 0 amide bonds. The average Bonchev–Trinajstić information content (AvgIpc) is 2.22. The van der Waals surface area contributed by atoms with Gasteiger partial charge in [-0.25, -0.2) is 4.98 Å². The third-order valence-corrected chi connectivity index (χ3v) is 2.19. The van der Waals surface area contributed by atoms with Crippen LogP contribution < -0.4 is 5.73 Å². The Kier molecular flexibility index (Phi) is 5.07. The van der Waals surface area contributed by atoms with Crippen LogP contribution in [0.3, 0.4) is 0 Å². The first-order valence-corrected chi connectivity index (χ1v) is 5.10. The summed E-state index contributed by atoms with van der Waals surface area (Å²) in [4.78, 5) is 6.30. The number of anilines is 1. The number of nitrogens with two attached hydrogens (primary N) is 1. The number of pyridine rings is 1. The van der Waals surface area contributed by atoms with Gasteiger partial charge in [0.1, 0.15) is 5.82 Å². The maximum Gasteiger partial charge on any atom is 0.123 e. The molecule has 1 aromatic heterocycles. The van der Waals surface area contributed by atoms with Gasteiger partial charge in [0.15, 0.2) is 0 Å². The van der Waals surface area contributed by atoms with E-state index < -0.39 is 0 Å². The van der Waals surface area contributed by atoms with Crippen molar-refractivity contribution in [3.8, 4) is 0 Å². The third kappa shape index (κ3) is 4.76. The van der Waals surface area contributed by atoms with Crippen molar-refractivity contribution in [1.82, 2.24) is 9.88 Å². The number of aromatic nitrogens is 1. The van der Waals surface area contributed by atoms with Crippen LogP contribution >= 0.6 is 0 Å². The number of ether oxygens (including phenoxy) is 1. The van der Waals surface area contributed by atoms with Crippen LogP contribution in [0.4, 0.5) is 5.82 Å². The molecule has 0 aliphatic heterocycles. The second-order valence-corrected chi connectivity index (χ2v) is 3.68. The van der Waals surface area contributed by atoms with Gasteiger partial charge in [-0.1, -0.05) is 6.07 Å². The van der Waals surface area contributed by atoms with Crippen molar-refractivity contribution in [3.63, 3.8) is 0 Å². The van der Waals surface area contributed by atoms with Gasteiger partial charge in [-0.05, 0) is 25.1 Å². The fourth-order valence-corrected chi connectivity index (χ4v) is 1.40. The van der Waals surface area contributed by atoms with Crippen LogP contribution in [0.15, 0.2) is 18.3 Å². The Morgan fingerprint density at radius 3 is 2.87 bits per heavy atom. The second kappa shape index (κ2) is 6.37. The van der Waals surface area contributed by atoms with Crippen molar-refractivity contribution in [2.45, 2.75) is 13.0 Å². The van der Waals surface area contributed by atoms with Gasteiger partial charge < -0.3 is 15.4 Å². The second-order valence-electron chi connectivity index (χ2n) is 3.68. The zero-order chi connectivity index (χ0) is 11.1. The molecule has 0 radical (unpaired) electrons. The Morgan fingerprint density at radius 2 is 2.27 bits per heavy atom. The lowest BCUT2D eigenvalue weighted by atomic mass is 10.2. The van der Waals surface area contributed by atoms with Crippen molar-refractivity contribution in [1.29, 1.82) is 0 Å². The van der Waals surface area contributed by atoms with Crippen LogP contribution in [0.1, 0.15) is 12.0 Å². The molecule has 0 spiro atoms. The van der Waals surface area contributed by atoms with Crippen molar-refractivity contribution < 1.29 is 4.74 Å². The summed E-state index contributed by atoms with van der Waals surface area (Å²) in [5.41, 5.74) is 6.70. The van der Waals surface area contributed by atoms with E-state index in [1.165, 1.54) is 5.56 Å². The van der Waals surface area contributed by atoms with Gasteiger partial charge in [0.2, 0.25) is 0 Å². The molecule has 0 saturated heterocycles. The highest BCUT2D eigenvalue weighted by Crippen LogP contribution is 2.04. The molecule has 0 aliphatic carbocycles. The molecular weight excluding hydrogens is 190 g/mol. The topological polar surface area (TPSA) is 51.4 Å². The van der Waals surface area contributed by atoms with Crippen molar-refractivity contribution in [2.24, 2.45) is 0 Å². The number of hydrogen-bond acceptors (Lipinski definition) is 4. The Balaban J connectivity index is 2.31. The molecule has 0 aliphatic rings. The van der Waals surface area contributed by atoms with Crippen LogP contribution in [-0.4, -0.2) is 37.2 Å². The predicted octanol–water partition coefficient (Wildman–Crippen LogP) is 1.13. The van der Waals surface area contributed by atoms with Crippen LogP contribution in [0.25, 0.3) is 0 Å². The number of rotatable bonds is 6. The maximum absolute atomic E-state index is 5.51. The minimum Gasteiger partial charge on any atom is -0.385 e. The fourth-order valence-electron chi connectivity index (χ4n) is 1.40. The summed E-state index contributed by atoms with van der Waals surface area (Å²) in [5.74, 6) is 0.570. The molecule has 0 aromatic carbocycles. The lowest BCUT2D eigenvalue weighted by Crippen LogP contribution is -2.20. The Bertz CT molecular complexity index is 274. The lowest BCUT2D eigenvalue weighted by Gasteiger charge is -2.15. The summed E-state index contributed by atoms with van der Waals surface area (Å²) in [5, 5.41) is 0. The molecular formula is C11H19N3O. The largest absolute Gasteiger partial charge is 0.385 e. The quantitative estimate of drug-likeness (QED) is 0.714. The normalized spacial score (nSPS) is 10.9. The summed E-state index contributed by atoms with van der Waals surface area (Å²) >= 11 is 0. The van der Waals surface area contributed by atoms with Crippen molar-refractivity contribution >= 4 is 5.82 Å². The van der Waals surface area contributed by atoms with E-state index >= 15 is 0 Å². The summed E-state index contributed by atoms with van der Waals surface area (Å²) in [6, 6.07) is 3.84. The van der Waals surface area contributed by atoms with Gasteiger partial charge in [-0.2, -0.15) is 0 Å². The van der Waals surface area contributed by atoms with Gasteiger partial charge in [0.05, 0.1) is 0 Å². The molecule has 1 rings (SSSR count). The zero-order valence-electron chi connectivity index (χ0n) is 9.44. The van der Waals surface area contributed by atoms with E-state index in [1.807, 2.05) is 18.3 Å². The molecule has 0 atom stereocenters. The van der Waals surface area contributed by atoms with Gasteiger partial charge in [-0.3, -0.25) is 0 Å². The van der Waals surface area contributed by atoms with E-state index in [0.717, 1.165) is 26.1 Å². The minimum atomic E-state index is 0.570. The van der Waals surface area contributed by atoms with Crippen molar-refractivity contribution in [3.05, 3.63) is 23.9 Å². The molecule has 0 bridgehead atoms. The highest BCUT2D eigenvalue weighted by Gasteiger charge is 2.00.